The van der Waals surface area contributed by atoms with Crippen molar-refractivity contribution in [1.82, 2.24) is 9.80 Å². The maximum Gasteiger partial charge on any atom is 0.263 e. The molecule has 5 heteroatoms. The molecular formula is C52H100N2O3. The number of rotatable bonds is 46. The fourth-order valence-electron chi connectivity index (χ4n) is 8.13. The van der Waals surface area contributed by atoms with Crippen molar-refractivity contribution in [3.8, 4) is 11.5 Å². The summed E-state index contributed by atoms with van der Waals surface area (Å²) in [5.74, 6) is 1.04. The number of nitrogens with zero attached hydrogens (tertiary/aromatic N) is 2. The fraction of sp³-hybridized carbons (Fsp3) is 0.885. The molecule has 0 saturated carbocycles. The molecule has 1 aromatic rings. The lowest BCUT2D eigenvalue weighted by Gasteiger charge is -2.33. The van der Waals surface area contributed by atoms with Gasteiger partial charge < -0.3 is 14.6 Å². The Hall–Kier alpha value is -1.30. The van der Waals surface area contributed by atoms with E-state index in [0.717, 1.165) is 31.9 Å². The van der Waals surface area contributed by atoms with Crippen LogP contribution in [0, 0.1) is 0 Å². The molecular weight excluding hydrogens is 701 g/mol. The van der Waals surface area contributed by atoms with Crippen LogP contribution in [0.2, 0.25) is 0 Å². The first kappa shape index (κ1) is 53.7. The van der Waals surface area contributed by atoms with Crippen LogP contribution in [0.5, 0.6) is 11.5 Å². The molecule has 1 unspecified atom stereocenters. The summed E-state index contributed by atoms with van der Waals surface area (Å²) in [5, 5.41) is 10.0. The lowest BCUT2D eigenvalue weighted by Crippen LogP contribution is -2.45. The van der Waals surface area contributed by atoms with Crippen molar-refractivity contribution in [2.45, 2.75) is 265 Å². The van der Waals surface area contributed by atoms with Crippen molar-refractivity contribution in [1.29, 1.82) is 0 Å². The highest BCUT2D eigenvalue weighted by Gasteiger charge is 2.22. The first-order valence-electron chi connectivity index (χ1n) is 25.7. The Bertz CT molecular complexity index is 867. The predicted octanol–water partition coefficient (Wildman–Crippen LogP) is 16.8. The fourth-order valence-corrected chi connectivity index (χ4v) is 8.13. The summed E-state index contributed by atoms with van der Waals surface area (Å²) in [6.45, 7) is 14.1. The minimum atomic E-state index is -0.425. The molecule has 0 bridgehead atoms. The molecule has 1 atom stereocenters. The van der Waals surface area contributed by atoms with E-state index in [1.54, 1.807) is 12.1 Å². The van der Waals surface area contributed by atoms with Crippen molar-refractivity contribution in [3.05, 3.63) is 24.3 Å². The van der Waals surface area contributed by atoms with Gasteiger partial charge in [-0.15, -0.1) is 0 Å². The van der Waals surface area contributed by atoms with Gasteiger partial charge in [0.25, 0.3) is 6.41 Å². The van der Waals surface area contributed by atoms with Crippen molar-refractivity contribution in [2.75, 3.05) is 32.9 Å². The van der Waals surface area contributed by atoms with Gasteiger partial charge in [-0.1, -0.05) is 233 Å². The number of ether oxygens (including phenoxy) is 2. The van der Waals surface area contributed by atoms with E-state index in [1.807, 2.05) is 12.1 Å². The minimum absolute atomic E-state index is 0.272. The molecule has 0 aliphatic heterocycles. The Kier molecular flexibility index (Phi) is 40.3. The molecule has 0 saturated heterocycles. The minimum Gasteiger partial charge on any atom is -0.508 e. The largest absolute Gasteiger partial charge is 0.508 e. The van der Waals surface area contributed by atoms with Crippen LogP contribution in [0.15, 0.2) is 24.3 Å². The van der Waals surface area contributed by atoms with Gasteiger partial charge in [0.1, 0.15) is 18.2 Å². The molecule has 1 aromatic carbocycles. The van der Waals surface area contributed by atoms with Gasteiger partial charge in [0.2, 0.25) is 0 Å². The molecule has 0 aliphatic carbocycles. The SMILES string of the molecule is CCCCCCCCCCCN(CCCCCCCCCCC)COC(Oc1ccc(O)cc1)N(CCCCCCCCCCC)CCCCCCCCCCC. The van der Waals surface area contributed by atoms with Crippen LogP contribution >= 0.6 is 0 Å². The molecule has 0 spiro atoms. The lowest BCUT2D eigenvalue weighted by atomic mass is 10.1. The van der Waals surface area contributed by atoms with E-state index in [2.05, 4.69) is 37.5 Å². The van der Waals surface area contributed by atoms with Crippen molar-refractivity contribution < 1.29 is 14.6 Å². The van der Waals surface area contributed by atoms with Crippen LogP contribution in [-0.4, -0.2) is 54.2 Å². The number of aromatic hydroxyl groups is 1. The second-order valence-corrected chi connectivity index (χ2v) is 17.7. The van der Waals surface area contributed by atoms with Gasteiger partial charge in [-0.3, -0.25) is 4.90 Å². The Balaban J connectivity index is 2.91. The summed E-state index contributed by atoms with van der Waals surface area (Å²) >= 11 is 0. The van der Waals surface area contributed by atoms with Gasteiger partial charge in [0.05, 0.1) is 0 Å². The summed E-state index contributed by atoms with van der Waals surface area (Å²) in [7, 11) is 0. The number of phenols is 1. The van der Waals surface area contributed by atoms with E-state index in [1.165, 1.54) is 231 Å². The molecule has 1 N–H and O–H groups in total. The highest BCUT2D eigenvalue weighted by Crippen LogP contribution is 2.21. The van der Waals surface area contributed by atoms with Crippen molar-refractivity contribution >= 4 is 0 Å². The lowest BCUT2D eigenvalue weighted by molar-refractivity contribution is -0.198. The van der Waals surface area contributed by atoms with E-state index >= 15 is 0 Å². The maximum absolute atomic E-state index is 10.0. The van der Waals surface area contributed by atoms with Crippen LogP contribution in [0.3, 0.4) is 0 Å². The topological polar surface area (TPSA) is 45.2 Å². The smallest absolute Gasteiger partial charge is 0.263 e. The zero-order valence-electron chi connectivity index (χ0n) is 39.0. The van der Waals surface area contributed by atoms with Gasteiger partial charge in [0.15, 0.2) is 0 Å². The molecule has 5 nitrogen and oxygen atoms in total. The molecule has 0 fully saturated rings. The Morgan fingerprint density at radius 1 is 0.386 bits per heavy atom. The first-order valence-corrected chi connectivity index (χ1v) is 25.7. The molecule has 0 amide bonds. The average Bonchev–Trinajstić information content (AvgIpc) is 3.22. The average molecular weight is 801 g/mol. The predicted molar refractivity (Wildman–Crippen MR) is 251 cm³/mol. The molecule has 1 rings (SSSR count). The van der Waals surface area contributed by atoms with Crippen molar-refractivity contribution in [2.24, 2.45) is 0 Å². The second kappa shape index (κ2) is 42.8. The van der Waals surface area contributed by atoms with Crippen LogP contribution in [-0.2, 0) is 4.74 Å². The van der Waals surface area contributed by atoms with Crippen molar-refractivity contribution in [3.63, 3.8) is 0 Å². The summed E-state index contributed by atoms with van der Waals surface area (Å²) in [5.41, 5.74) is 0. The van der Waals surface area contributed by atoms with Crippen LogP contribution in [0.1, 0.15) is 259 Å². The zero-order valence-corrected chi connectivity index (χ0v) is 39.0. The molecule has 0 aliphatic rings. The molecule has 336 valence electrons. The maximum atomic E-state index is 10.0. The number of phenolic OH excluding ortho intramolecular Hbond substituents is 1. The summed E-state index contributed by atoms with van der Waals surface area (Å²) < 4.78 is 13.6. The normalized spacial score (nSPS) is 12.3. The van der Waals surface area contributed by atoms with Gasteiger partial charge in [-0.25, -0.2) is 4.90 Å². The Labute approximate surface area is 357 Å². The van der Waals surface area contributed by atoms with E-state index in [9.17, 15) is 5.11 Å². The zero-order chi connectivity index (χ0) is 41.1. The number of unbranched alkanes of at least 4 members (excludes halogenated alkanes) is 32. The number of benzene rings is 1. The highest BCUT2D eigenvalue weighted by molar-refractivity contribution is 5.30. The van der Waals surface area contributed by atoms with Crippen LogP contribution < -0.4 is 4.74 Å². The van der Waals surface area contributed by atoms with E-state index in [0.29, 0.717) is 6.73 Å². The molecule has 0 heterocycles. The van der Waals surface area contributed by atoms with E-state index in [-0.39, 0.29) is 5.75 Å². The van der Waals surface area contributed by atoms with Gasteiger partial charge in [0, 0.05) is 26.2 Å². The third-order valence-corrected chi connectivity index (χ3v) is 12.0. The number of hydrogen-bond donors (Lipinski definition) is 1. The standard InChI is InChI=1S/C52H100N2O3/c1-5-9-13-17-21-25-29-33-37-45-53(46-38-34-30-26-22-18-14-10-6-2)49-56-52(57-51-43-41-50(55)42-44-51)54(47-39-35-31-27-23-19-15-11-7-3)48-40-36-32-28-24-20-16-12-8-4/h41-44,52,55H,5-40,45-49H2,1-4H3. The quantitative estimate of drug-likeness (QED) is 0.0526. The highest BCUT2D eigenvalue weighted by atomic mass is 16.7. The van der Waals surface area contributed by atoms with Gasteiger partial charge in [-0.2, -0.15) is 0 Å². The third kappa shape index (κ3) is 35.2. The Morgan fingerprint density at radius 3 is 0.982 bits per heavy atom. The van der Waals surface area contributed by atoms with E-state index in [4.69, 9.17) is 9.47 Å². The van der Waals surface area contributed by atoms with E-state index < -0.39 is 6.41 Å². The second-order valence-electron chi connectivity index (χ2n) is 17.7. The summed E-state index contributed by atoms with van der Waals surface area (Å²) in [6, 6.07) is 7.25. The first-order chi connectivity index (χ1) is 28.1. The molecule has 0 aromatic heterocycles. The van der Waals surface area contributed by atoms with Crippen LogP contribution in [0.4, 0.5) is 0 Å². The summed E-state index contributed by atoms with van der Waals surface area (Å²) in [4.78, 5) is 5.09. The molecule has 57 heavy (non-hydrogen) atoms. The summed E-state index contributed by atoms with van der Waals surface area (Å²) in [6.07, 6.45) is 48.1. The Morgan fingerprint density at radius 2 is 0.667 bits per heavy atom. The third-order valence-electron chi connectivity index (χ3n) is 12.0. The monoisotopic (exact) mass is 801 g/mol. The van der Waals surface area contributed by atoms with Crippen LogP contribution in [0.25, 0.3) is 0 Å². The number of hydrogen-bond acceptors (Lipinski definition) is 5. The van der Waals surface area contributed by atoms with Gasteiger partial charge in [-0.05, 0) is 49.9 Å². The molecule has 0 radical (unpaired) electrons. The van der Waals surface area contributed by atoms with Gasteiger partial charge >= 0.3 is 0 Å².